The van der Waals surface area contributed by atoms with Crippen molar-refractivity contribution in [3.05, 3.63) is 97.1 Å². The van der Waals surface area contributed by atoms with E-state index in [9.17, 15) is 0 Å². The molecular formula is C30H29N5. The van der Waals surface area contributed by atoms with Gasteiger partial charge >= 0.3 is 0 Å². The quantitative estimate of drug-likeness (QED) is 0.322. The predicted octanol–water partition coefficient (Wildman–Crippen LogP) is 6.18. The molecule has 5 heteroatoms. The van der Waals surface area contributed by atoms with Crippen molar-refractivity contribution in [2.45, 2.75) is 13.8 Å². The summed E-state index contributed by atoms with van der Waals surface area (Å²) in [5, 5.41) is 1.14. The number of imidazole rings is 1. The van der Waals surface area contributed by atoms with E-state index in [0.717, 1.165) is 65.4 Å². The molecule has 174 valence electrons. The Morgan fingerprint density at radius 3 is 2.46 bits per heavy atom. The topological polar surface area (TPSA) is 36.7 Å². The molecule has 1 saturated heterocycles. The van der Waals surface area contributed by atoms with Gasteiger partial charge in [0.05, 0.1) is 17.4 Å². The fourth-order valence-corrected chi connectivity index (χ4v) is 5.05. The maximum atomic E-state index is 4.74. The van der Waals surface area contributed by atoms with Gasteiger partial charge in [0.2, 0.25) is 0 Å². The summed E-state index contributed by atoms with van der Waals surface area (Å²) < 4.78 is 2.16. The molecule has 3 aromatic heterocycles. The van der Waals surface area contributed by atoms with E-state index in [1.165, 1.54) is 16.8 Å². The smallest absolute Gasteiger partial charge is 0.137 e. The van der Waals surface area contributed by atoms with E-state index < -0.39 is 0 Å². The van der Waals surface area contributed by atoms with Gasteiger partial charge in [-0.05, 0) is 61.4 Å². The number of fused-ring (bicyclic) bond motifs is 2. The van der Waals surface area contributed by atoms with Crippen LogP contribution in [-0.4, -0.2) is 45.4 Å². The normalized spacial score (nSPS) is 14.1. The zero-order valence-corrected chi connectivity index (χ0v) is 20.3. The van der Waals surface area contributed by atoms with Crippen LogP contribution in [0.4, 0.5) is 5.69 Å². The van der Waals surface area contributed by atoms with Crippen molar-refractivity contribution in [3.63, 3.8) is 0 Å². The van der Waals surface area contributed by atoms with Gasteiger partial charge in [0, 0.05) is 60.4 Å². The van der Waals surface area contributed by atoms with Gasteiger partial charge in [-0.25, -0.2) is 4.98 Å². The molecule has 0 unspecified atom stereocenters. The van der Waals surface area contributed by atoms with Crippen LogP contribution in [0.25, 0.3) is 38.9 Å². The van der Waals surface area contributed by atoms with Gasteiger partial charge in [0.25, 0.3) is 0 Å². The van der Waals surface area contributed by atoms with E-state index in [1.54, 1.807) is 0 Å². The fourth-order valence-electron chi connectivity index (χ4n) is 5.05. The molecule has 2 aromatic carbocycles. The molecule has 35 heavy (non-hydrogen) atoms. The first-order valence-corrected chi connectivity index (χ1v) is 12.2. The van der Waals surface area contributed by atoms with Crippen LogP contribution >= 0.6 is 0 Å². The van der Waals surface area contributed by atoms with Crippen LogP contribution in [0.2, 0.25) is 0 Å². The van der Waals surface area contributed by atoms with E-state index >= 15 is 0 Å². The third-order valence-corrected chi connectivity index (χ3v) is 7.05. The number of hydrogen-bond acceptors (Lipinski definition) is 4. The van der Waals surface area contributed by atoms with Crippen molar-refractivity contribution in [1.29, 1.82) is 0 Å². The van der Waals surface area contributed by atoms with E-state index in [4.69, 9.17) is 9.97 Å². The number of anilines is 1. The maximum absolute atomic E-state index is 4.74. The molecule has 6 rings (SSSR count). The Morgan fingerprint density at radius 1 is 0.886 bits per heavy atom. The molecule has 0 N–H and O–H groups in total. The molecule has 4 heterocycles. The second-order valence-electron chi connectivity index (χ2n) is 9.37. The summed E-state index contributed by atoms with van der Waals surface area (Å²) in [5.41, 5.74) is 10.00. The Bertz CT molecular complexity index is 1540. The van der Waals surface area contributed by atoms with Gasteiger partial charge in [-0.3, -0.25) is 9.38 Å². The molecule has 0 spiro atoms. The Hall–Kier alpha value is -4.12. The van der Waals surface area contributed by atoms with Crippen LogP contribution in [0.3, 0.4) is 0 Å². The van der Waals surface area contributed by atoms with Crippen molar-refractivity contribution in [1.82, 2.24) is 19.3 Å². The zero-order chi connectivity index (χ0) is 23.9. The molecule has 5 nitrogen and oxygen atoms in total. The average molecular weight is 460 g/mol. The van der Waals surface area contributed by atoms with Crippen molar-refractivity contribution in [3.8, 4) is 22.4 Å². The van der Waals surface area contributed by atoms with Crippen LogP contribution < -0.4 is 4.90 Å². The van der Waals surface area contributed by atoms with Crippen LogP contribution in [0.15, 0.2) is 91.4 Å². The van der Waals surface area contributed by atoms with E-state index in [-0.39, 0.29) is 0 Å². The summed E-state index contributed by atoms with van der Waals surface area (Å²) in [6.07, 6.45) is 4.08. The van der Waals surface area contributed by atoms with E-state index in [1.807, 2.05) is 13.1 Å². The minimum Gasteiger partial charge on any atom is -0.372 e. The highest BCUT2D eigenvalue weighted by Crippen LogP contribution is 2.31. The zero-order valence-electron chi connectivity index (χ0n) is 20.3. The van der Waals surface area contributed by atoms with E-state index in [0.29, 0.717) is 0 Å². The highest BCUT2D eigenvalue weighted by Gasteiger charge is 2.17. The van der Waals surface area contributed by atoms with Crippen molar-refractivity contribution in [2.24, 2.45) is 0 Å². The highest BCUT2D eigenvalue weighted by atomic mass is 15.3. The molecule has 1 aliphatic heterocycles. The minimum absolute atomic E-state index is 0.939. The lowest BCUT2D eigenvalue weighted by molar-refractivity contribution is 0.323. The third kappa shape index (κ3) is 3.93. The lowest BCUT2D eigenvalue weighted by atomic mass is 10.0. The molecular weight excluding hydrogens is 430 g/mol. The van der Waals surface area contributed by atoms with Crippen molar-refractivity contribution in [2.75, 3.05) is 31.1 Å². The first-order chi connectivity index (χ1) is 17.1. The first kappa shape index (κ1) is 21.4. The number of rotatable bonds is 4. The van der Waals surface area contributed by atoms with Gasteiger partial charge in [0.15, 0.2) is 0 Å². The Morgan fingerprint density at radius 2 is 1.69 bits per heavy atom. The summed E-state index contributed by atoms with van der Waals surface area (Å²) in [4.78, 5) is 14.2. The fraction of sp³-hybridized carbons (Fsp3) is 0.200. The van der Waals surface area contributed by atoms with Crippen LogP contribution in [-0.2, 0) is 0 Å². The monoisotopic (exact) mass is 459 g/mol. The molecule has 0 atom stereocenters. The number of hydrogen-bond donors (Lipinski definition) is 0. The molecule has 0 radical (unpaired) electrons. The van der Waals surface area contributed by atoms with Crippen molar-refractivity contribution < 1.29 is 0 Å². The molecule has 1 fully saturated rings. The number of piperazine rings is 1. The number of benzene rings is 2. The van der Waals surface area contributed by atoms with Gasteiger partial charge < -0.3 is 9.80 Å². The number of nitrogens with zero attached hydrogens (tertiary/aromatic N) is 5. The number of aryl methyl sites for hydroxylation is 1. The standard InChI is InChI=1S/C30H29N5/c1-21(2)33-15-17-34(18-16-33)25-10-8-23(9-11-25)24-13-14-35-29(20-31-30(35)19-24)27-5-4-6-28-26(27)12-7-22(3)32-28/h4-14,19-20H,1,15-18H2,2-3H3. The second-order valence-corrected chi connectivity index (χ2v) is 9.37. The maximum Gasteiger partial charge on any atom is 0.137 e. The molecule has 0 aliphatic carbocycles. The average Bonchev–Trinajstić information content (AvgIpc) is 3.31. The molecule has 1 aliphatic rings. The molecule has 0 bridgehead atoms. The van der Waals surface area contributed by atoms with Crippen molar-refractivity contribution >= 4 is 22.2 Å². The summed E-state index contributed by atoms with van der Waals surface area (Å²) >= 11 is 0. The van der Waals surface area contributed by atoms with Gasteiger partial charge in [-0.2, -0.15) is 0 Å². The van der Waals surface area contributed by atoms with E-state index in [2.05, 4.69) is 101 Å². The summed E-state index contributed by atoms with van der Waals surface area (Å²) in [6, 6.07) is 23.7. The molecule has 0 amide bonds. The Kier molecular flexibility index (Phi) is 5.25. The van der Waals surface area contributed by atoms with Crippen LogP contribution in [0, 0.1) is 6.92 Å². The number of allylic oxidation sites excluding steroid dienone is 1. The molecule has 5 aromatic rings. The Labute approximate surface area is 206 Å². The van der Waals surface area contributed by atoms with Crippen LogP contribution in [0.1, 0.15) is 12.6 Å². The van der Waals surface area contributed by atoms with Crippen LogP contribution in [0.5, 0.6) is 0 Å². The summed E-state index contributed by atoms with van der Waals surface area (Å²) in [5.74, 6) is 0. The largest absolute Gasteiger partial charge is 0.372 e. The van der Waals surface area contributed by atoms with Gasteiger partial charge in [-0.1, -0.05) is 36.9 Å². The van der Waals surface area contributed by atoms with Gasteiger partial charge in [0.1, 0.15) is 5.65 Å². The second kappa shape index (κ2) is 8.58. The molecule has 0 saturated carbocycles. The minimum atomic E-state index is 0.939. The lowest BCUT2D eigenvalue weighted by Crippen LogP contribution is -2.45. The SMILES string of the molecule is C=C(C)N1CCN(c2ccc(-c3ccn4c(-c5cccc6nc(C)ccc56)cnc4c3)cc2)CC1. The predicted molar refractivity (Wildman–Crippen MR) is 145 cm³/mol. The summed E-state index contributed by atoms with van der Waals surface area (Å²) in [6.45, 7) is 12.3. The highest BCUT2D eigenvalue weighted by molar-refractivity contribution is 5.94. The number of pyridine rings is 2. The third-order valence-electron chi connectivity index (χ3n) is 7.05. The summed E-state index contributed by atoms with van der Waals surface area (Å²) in [7, 11) is 0. The first-order valence-electron chi connectivity index (χ1n) is 12.2. The van der Waals surface area contributed by atoms with Gasteiger partial charge in [-0.15, -0.1) is 0 Å². The lowest BCUT2D eigenvalue weighted by Gasteiger charge is -2.37. The number of aromatic nitrogens is 3. The Balaban J connectivity index is 1.28.